The highest BCUT2D eigenvalue weighted by molar-refractivity contribution is 6.22. The third-order valence-corrected chi connectivity index (χ3v) is 2.31. The van der Waals surface area contributed by atoms with E-state index >= 15 is 0 Å². The van der Waals surface area contributed by atoms with Gasteiger partial charge in [-0.05, 0) is 6.92 Å². The van der Waals surface area contributed by atoms with Crippen molar-refractivity contribution in [2.75, 3.05) is 13.1 Å². The number of halogens is 1. The molecule has 0 bridgehead atoms. The fraction of sp³-hybridized carbons (Fsp3) is 0.625. The number of nitrogens with zero attached hydrogens (tertiary/aromatic N) is 2. The van der Waals surface area contributed by atoms with E-state index in [2.05, 4.69) is 5.32 Å². The summed E-state index contributed by atoms with van der Waals surface area (Å²) < 4.78 is 0. The first-order valence-corrected chi connectivity index (χ1v) is 4.59. The number of hydrogen-bond acceptors (Lipinski definition) is 4. The number of alkyl halides is 1. The molecule has 0 aromatic carbocycles. The number of rotatable bonds is 2. The minimum Gasteiger partial charge on any atom is -0.294 e. The molecular weight excluding hydrogens is 206 g/mol. The van der Waals surface area contributed by atoms with Gasteiger partial charge in [-0.25, -0.2) is 0 Å². The van der Waals surface area contributed by atoms with E-state index in [0.717, 1.165) is 0 Å². The Hall–Kier alpha value is -1.12. The van der Waals surface area contributed by atoms with Crippen LogP contribution in [0.25, 0.3) is 0 Å². The van der Waals surface area contributed by atoms with Crippen molar-refractivity contribution in [1.82, 2.24) is 10.2 Å². The monoisotopic (exact) mass is 215 g/mol. The first-order valence-electron chi connectivity index (χ1n) is 4.16. The predicted octanol–water partition coefficient (Wildman–Crippen LogP) is -0.536. The van der Waals surface area contributed by atoms with Gasteiger partial charge in [0.15, 0.2) is 0 Å². The molecule has 6 heteroatoms. The van der Waals surface area contributed by atoms with E-state index in [1.807, 2.05) is 6.07 Å². The van der Waals surface area contributed by atoms with Crippen molar-refractivity contribution in [2.24, 2.45) is 0 Å². The van der Waals surface area contributed by atoms with Crippen LogP contribution in [0.3, 0.4) is 0 Å². The van der Waals surface area contributed by atoms with Crippen LogP contribution in [-0.4, -0.2) is 41.2 Å². The van der Waals surface area contributed by atoms with Gasteiger partial charge in [0.1, 0.15) is 5.38 Å². The Morgan fingerprint density at radius 3 is 3.00 bits per heavy atom. The standard InChI is InChI=1S/C8H10ClN3O2/c1-5-8(14)11-7(13)4-12(5)3-6(9)2-10/h5-6H,3-4H2,1H3,(H,11,13,14). The van der Waals surface area contributed by atoms with Crippen molar-refractivity contribution in [3.05, 3.63) is 0 Å². The number of carbonyl (C=O) groups excluding carboxylic acids is 2. The van der Waals surface area contributed by atoms with E-state index in [1.54, 1.807) is 11.8 Å². The van der Waals surface area contributed by atoms with E-state index in [-0.39, 0.29) is 24.9 Å². The lowest BCUT2D eigenvalue weighted by Crippen LogP contribution is -2.57. The Kier molecular flexibility index (Phi) is 3.44. The smallest absolute Gasteiger partial charge is 0.243 e. The molecule has 2 unspecified atom stereocenters. The molecule has 2 atom stereocenters. The summed E-state index contributed by atoms with van der Waals surface area (Å²) in [6.45, 7) is 2.00. The quantitative estimate of drug-likeness (QED) is 0.496. The summed E-state index contributed by atoms with van der Waals surface area (Å²) in [5, 5.41) is 10.00. The van der Waals surface area contributed by atoms with Gasteiger partial charge in [-0.15, -0.1) is 11.6 Å². The van der Waals surface area contributed by atoms with E-state index < -0.39 is 11.4 Å². The Labute approximate surface area is 86.6 Å². The fourth-order valence-corrected chi connectivity index (χ4v) is 1.42. The van der Waals surface area contributed by atoms with Gasteiger partial charge in [-0.2, -0.15) is 5.26 Å². The van der Waals surface area contributed by atoms with Gasteiger partial charge >= 0.3 is 0 Å². The summed E-state index contributed by atoms with van der Waals surface area (Å²) in [5.74, 6) is -0.696. The first-order chi connectivity index (χ1) is 6.54. The van der Waals surface area contributed by atoms with E-state index in [1.165, 1.54) is 0 Å². The summed E-state index contributed by atoms with van der Waals surface area (Å²) in [6.07, 6.45) is 0. The van der Waals surface area contributed by atoms with Crippen molar-refractivity contribution < 1.29 is 9.59 Å². The topological polar surface area (TPSA) is 73.2 Å². The van der Waals surface area contributed by atoms with Crippen molar-refractivity contribution in [3.63, 3.8) is 0 Å². The molecule has 14 heavy (non-hydrogen) atoms. The minimum atomic E-state index is -0.698. The molecule has 76 valence electrons. The Balaban J connectivity index is 2.63. The Bertz CT molecular complexity index is 299. The summed E-state index contributed by atoms with van der Waals surface area (Å²) in [7, 11) is 0. The average molecular weight is 216 g/mol. The van der Waals surface area contributed by atoms with Crippen molar-refractivity contribution in [3.8, 4) is 6.07 Å². The molecule has 1 heterocycles. The van der Waals surface area contributed by atoms with Gasteiger partial charge in [0.05, 0.1) is 18.7 Å². The molecule has 0 aromatic rings. The average Bonchev–Trinajstić information content (AvgIpc) is 2.13. The maximum atomic E-state index is 11.2. The molecule has 1 aliphatic rings. The van der Waals surface area contributed by atoms with Gasteiger partial charge in [0, 0.05) is 6.54 Å². The second-order valence-electron chi connectivity index (χ2n) is 3.11. The number of nitriles is 1. The summed E-state index contributed by atoms with van der Waals surface area (Å²) in [5.41, 5.74) is 0. The van der Waals surface area contributed by atoms with Crippen LogP contribution in [0.2, 0.25) is 0 Å². The maximum absolute atomic E-state index is 11.2. The highest BCUT2D eigenvalue weighted by Gasteiger charge is 2.31. The third-order valence-electron chi connectivity index (χ3n) is 2.07. The van der Waals surface area contributed by atoms with E-state index in [9.17, 15) is 9.59 Å². The molecule has 5 nitrogen and oxygen atoms in total. The fourth-order valence-electron chi connectivity index (χ4n) is 1.24. The van der Waals surface area contributed by atoms with Gasteiger partial charge in [-0.1, -0.05) is 0 Å². The number of amides is 2. The molecular formula is C8H10ClN3O2. The van der Waals surface area contributed by atoms with E-state index in [4.69, 9.17) is 16.9 Å². The highest BCUT2D eigenvalue weighted by atomic mass is 35.5. The molecule has 1 fully saturated rings. The van der Waals surface area contributed by atoms with Crippen LogP contribution >= 0.6 is 11.6 Å². The largest absolute Gasteiger partial charge is 0.294 e. The summed E-state index contributed by atoms with van der Waals surface area (Å²) in [6, 6.07) is 1.43. The van der Waals surface area contributed by atoms with Gasteiger partial charge in [-0.3, -0.25) is 19.8 Å². The number of nitrogens with one attached hydrogen (secondary N) is 1. The number of hydrogen-bond donors (Lipinski definition) is 1. The maximum Gasteiger partial charge on any atom is 0.243 e. The summed E-state index contributed by atoms with van der Waals surface area (Å²) >= 11 is 5.61. The molecule has 0 aliphatic carbocycles. The van der Waals surface area contributed by atoms with Crippen molar-refractivity contribution >= 4 is 23.4 Å². The zero-order chi connectivity index (χ0) is 10.7. The number of imide groups is 1. The first kappa shape index (κ1) is 11.0. The van der Waals surface area contributed by atoms with Gasteiger partial charge < -0.3 is 0 Å². The molecule has 2 amide bonds. The molecule has 1 saturated heterocycles. The lowest BCUT2D eigenvalue weighted by molar-refractivity contribution is -0.139. The summed E-state index contributed by atoms with van der Waals surface area (Å²) in [4.78, 5) is 23.8. The lowest BCUT2D eigenvalue weighted by atomic mass is 10.2. The zero-order valence-electron chi connectivity index (χ0n) is 7.66. The third kappa shape index (κ3) is 2.44. The van der Waals surface area contributed by atoms with Crippen LogP contribution in [0, 0.1) is 11.3 Å². The van der Waals surface area contributed by atoms with E-state index in [0.29, 0.717) is 0 Å². The molecule has 0 spiro atoms. The molecule has 1 N–H and O–H groups in total. The van der Waals surface area contributed by atoms with Crippen LogP contribution < -0.4 is 5.32 Å². The van der Waals surface area contributed by atoms with Crippen molar-refractivity contribution in [1.29, 1.82) is 5.26 Å². The van der Waals surface area contributed by atoms with Gasteiger partial charge in [0.25, 0.3) is 0 Å². The Morgan fingerprint density at radius 2 is 2.43 bits per heavy atom. The lowest BCUT2D eigenvalue weighted by Gasteiger charge is -2.31. The van der Waals surface area contributed by atoms with Crippen molar-refractivity contribution in [2.45, 2.75) is 18.3 Å². The molecule has 0 saturated carbocycles. The SMILES string of the molecule is CC1C(=O)NC(=O)CN1CC(Cl)C#N. The van der Waals surface area contributed by atoms with Crippen LogP contribution in [0.4, 0.5) is 0 Å². The number of piperazine rings is 1. The second kappa shape index (κ2) is 4.40. The minimum absolute atomic E-state index is 0.109. The van der Waals surface area contributed by atoms with Crippen LogP contribution in [0.5, 0.6) is 0 Å². The molecule has 1 aliphatic heterocycles. The highest BCUT2D eigenvalue weighted by Crippen LogP contribution is 2.07. The second-order valence-corrected chi connectivity index (χ2v) is 3.64. The van der Waals surface area contributed by atoms with Crippen LogP contribution in [0.1, 0.15) is 6.92 Å². The van der Waals surface area contributed by atoms with Crippen LogP contribution in [0.15, 0.2) is 0 Å². The zero-order valence-corrected chi connectivity index (χ0v) is 8.41. The van der Waals surface area contributed by atoms with Crippen LogP contribution in [-0.2, 0) is 9.59 Å². The molecule has 0 aromatic heterocycles. The normalized spacial score (nSPS) is 25.4. The molecule has 0 radical (unpaired) electrons. The van der Waals surface area contributed by atoms with Gasteiger partial charge in [0.2, 0.25) is 11.8 Å². The Morgan fingerprint density at radius 1 is 1.79 bits per heavy atom. The predicted molar refractivity (Wildman–Crippen MR) is 49.4 cm³/mol. The molecule has 1 rings (SSSR count). The number of carbonyl (C=O) groups is 2.